The maximum Gasteiger partial charge on any atom is 0.164 e. The first-order valence-corrected chi connectivity index (χ1v) is 20.3. The lowest BCUT2D eigenvalue weighted by atomic mass is 9.96. The zero-order valence-corrected chi connectivity index (χ0v) is 32.5. The minimum absolute atomic E-state index is 0.577. The molecule has 0 fully saturated rings. The molecule has 6 nitrogen and oxygen atoms in total. The highest BCUT2D eigenvalue weighted by molar-refractivity contribution is 6.16. The number of fused-ring (bicyclic) bond motifs is 10. The van der Waals surface area contributed by atoms with Crippen LogP contribution in [0.1, 0.15) is 0 Å². The second-order valence-corrected chi connectivity index (χ2v) is 15.5. The molecule has 0 saturated heterocycles. The van der Waals surface area contributed by atoms with Crippen molar-refractivity contribution in [3.05, 3.63) is 188 Å². The van der Waals surface area contributed by atoms with Crippen molar-refractivity contribution in [1.29, 1.82) is 0 Å². The zero-order chi connectivity index (χ0) is 40.0. The standard InChI is InChI=1S/C55H31N3O3/c1-2-16-36-32(12-1)13-8-21-39(36)54-56-53(57-55(58-54)43-22-11-27-48-52(43)41-18-4-6-24-45(41)60-48)35-15-7-14-33(30-35)37-19-9-26-47-51(37)42-29-28-34(31-49(42)61-47)38-20-10-25-46-50(38)40-17-3-5-23-44(40)59-46/h1-31H. The van der Waals surface area contributed by atoms with Crippen molar-refractivity contribution in [2.24, 2.45) is 0 Å². The van der Waals surface area contributed by atoms with Crippen molar-refractivity contribution in [1.82, 2.24) is 15.0 Å². The lowest BCUT2D eigenvalue weighted by molar-refractivity contribution is 0.668. The highest BCUT2D eigenvalue weighted by Gasteiger charge is 2.20. The Morgan fingerprint density at radius 1 is 0.262 bits per heavy atom. The van der Waals surface area contributed by atoms with Gasteiger partial charge in [0, 0.05) is 49.0 Å². The molecular formula is C55H31N3O3. The second kappa shape index (κ2) is 13.1. The van der Waals surface area contributed by atoms with Gasteiger partial charge < -0.3 is 13.3 Å². The highest BCUT2D eigenvalue weighted by atomic mass is 16.3. The van der Waals surface area contributed by atoms with Crippen LogP contribution in [0.3, 0.4) is 0 Å². The minimum Gasteiger partial charge on any atom is -0.456 e. The number of rotatable bonds is 5. The third-order valence-corrected chi connectivity index (χ3v) is 12.0. The van der Waals surface area contributed by atoms with Crippen LogP contribution >= 0.6 is 0 Å². The fourth-order valence-corrected chi connectivity index (χ4v) is 9.20. The maximum atomic E-state index is 6.63. The molecule has 4 aromatic heterocycles. The van der Waals surface area contributed by atoms with Crippen LogP contribution in [-0.2, 0) is 0 Å². The van der Waals surface area contributed by atoms with Crippen LogP contribution in [0.5, 0.6) is 0 Å². The monoisotopic (exact) mass is 781 g/mol. The molecule has 0 N–H and O–H groups in total. The molecule has 0 aliphatic rings. The lowest BCUT2D eigenvalue weighted by Crippen LogP contribution is -2.01. The van der Waals surface area contributed by atoms with Gasteiger partial charge in [0.1, 0.15) is 33.5 Å². The molecule has 284 valence electrons. The van der Waals surface area contributed by atoms with Crippen LogP contribution in [0, 0.1) is 0 Å². The summed E-state index contributed by atoms with van der Waals surface area (Å²) in [4.78, 5) is 15.7. The molecule has 61 heavy (non-hydrogen) atoms. The topological polar surface area (TPSA) is 78.1 Å². The van der Waals surface area contributed by atoms with Gasteiger partial charge in [-0.2, -0.15) is 0 Å². The summed E-state index contributed by atoms with van der Waals surface area (Å²) in [5, 5.41) is 8.49. The predicted octanol–water partition coefficient (Wildman–Crippen LogP) is 15.1. The van der Waals surface area contributed by atoms with E-state index in [1.807, 2.05) is 60.7 Å². The van der Waals surface area contributed by atoms with Gasteiger partial charge in [-0.25, -0.2) is 15.0 Å². The molecule has 6 heteroatoms. The van der Waals surface area contributed by atoms with E-state index >= 15 is 0 Å². The minimum atomic E-state index is 0.577. The largest absolute Gasteiger partial charge is 0.456 e. The van der Waals surface area contributed by atoms with E-state index in [-0.39, 0.29) is 0 Å². The van der Waals surface area contributed by atoms with E-state index < -0.39 is 0 Å². The average Bonchev–Trinajstić information content (AvgIpc) is 4.02. The normalized spacial score (nSPS) is 11.9. The van der Waals surface area contributed by atoms with E-state index in [4.69, 9.17) is 28.2 Å². The Morgan fingerprint density at radius 3 is 1.41 bits per heavy atom. The number of furan rings is 3. The number of benzene rings is 9. The fraction of sp³-hybridized carbons (Fsp3) is 0. The third kappa shape index (κ3) is 5.26. The maximum absolute atomic E-state index is 6.63. The van der Waals surface area contributed by atoms with Crippen LogP contribution in [0.2, 0.25) is 0 Å². The van der Waals surface area contributed by atoms with E-state index in [2.05, 4.69) is 127 Å². The van der Waals surface area contributed by atoms with E-state index in [1.165, 1.54) is 0 Å². The van der Waals surface area contributed by atoms with Gasteiger partial charge in [-0.1, -0.05) is 140 Å². The molecule has 9 aromatic carbocycles. The molecule has 0 radical (unpaired) electrons. The summed E-state index contributed by atoms with van der Waals surface area (Å²) in [6.07, 6.45) is 0. The van der Waals surface area contributed by atoms with Gasteiger partial charge in [0.15, 0.2) is 17.5 Å². The Morgan fingerprint density at radius 2 is 0.705 bits per heavy atom. The molecule has 0 aliphatic carbocycles. The van der Waals surface area contributed by atoms with Gasteiger partial charge in [-0.15, -0.1) is 0 Å². The molecule has 0 amide bonds. The van der Waals surface area contributed by atoms with E-state index in [0.717, 1.165) is 116 Å². The lowest BCUT2D eigenvalue weighted by Gasteiger charge is -2.12. The van der Waals surface area contributed by atoms with Gasteiger partial charge >= 0.3 is 0 Å². The summed E-state index contributed by atoms with van der Waals surface area (Å²) in [5.74, 6) is 1.76. The Bertz CT molecular complexity index is 3900. The van der Waals surface area contributed by atoms with Crippen molar-refractivity contribution >= 4 is 76.6 Å². The van der Waals surface area contributed by atoms with Gasteiger partial charge in [0.25, 0.3) is 0 Å². The Kier molecular flexibility index (Phi) is 7.21. The SMILES string of the molecule is c1cc(-c2nc(-c3cccc4ccccc34)nc(-c3cccc4oc5ccccc5c34)n2)cc(-c2cccc3oc4cc(-c5cccc6oc7ccccc7c56)ccc4c23)c1. The van der Waals surface area contributed by atoms with E-state index in [0.29, 0.717) is 17.5 Å². The van der Waals surface area contributed by atoms with Crippen molar-refractivity contribution < 1.29 is 13.3 Å². The number of aromatic nitrogens is 3. The molecule has 0 atom stereocenters. The fourth-order valence-electron chi connectivity index (χ4n) is 9.20. The van der Waals surface area contributed by atoms with Crippen LogP contribution < -0.4 is 0 Å². The Balaban J connectivity index is 0.977. The molecule has 13 aromatic rings. The smallest absolute Gasteiger partial charge is 0.164 e. The number of para-hydroxylation sites is 2. The number of nitrogens with zero attached hydrogens (tertiary/aromatic N) is 3. The van der Waals surface area contributed by atoms with Crippen molar-refractivity contribution in [3.63, 3.8) is 0 Å². The molecule has 0 unspecified atom stereocenters. The third-order valence-electron chi connectivity index (χ3n) is 12.0. The average molecular weight is 782 g/mol. The predicted molar refractivity (Wildman–Crippen MR) is 246 cm³/mol. The summed E-state index contributed by atoms with van der Waals surface area (Å²) in [6.45, 7) is 0. The van der Waals surface area contributed by atoms with Crippen LogP contribution in [0.15, 0.2) is 201 Å². The first kappa shape index (κ1) is 33.6. The summed E-state index contributed by atoms with van der Waals surface area (Å²) in [6, 6.07) is 64.5. The van der Waals surface area contributed by atoms with Gasteiger partial charge in [-0.05, 0) is 81.6 Å². The van der Waals surface area contributed by atoms with Crippen molar-refractivity contribution in [2.75, 3.05) is 0 Å². The van der Waals surface area contributed by atoms with Gasteiger partial charge in [0.05, 0.1) is 0 Å². The van der Waals surface area contributed by atoms with Crippen molar-refractivity contribution in [2.45, 2.75) is 0 Å². The Labute approximate surface area is 348 Å². The summed E-state index contributed by atoms with van der Waals surface area (Å²) in [7, 11) is 0. The molecule has 13 rings (SSSR count). The molecule has 0 saturated carbocycles. The zero-order valence-electron chi connectivity index (χ0n) is 32.5. The van der Waals surface area contributed by atoms with Gasteiger partial charge in [-0.3, -0.25) is 0 Å². The first-order valence-electron chi connectivity index (χ1n) is 20.3. The Hall–Kier alpha value is -8.35. The molecule has 4 heterocycles. The summed E-state index contributed by atoms with van der Waals surface area (Å²) < 4.78 is 19.2. The quantitative estimate of drug-likeness (QED) is 0.173. The first-order chi connectivity index (χ1) is 30.2. The van der Waals surface area contributed by atoms with Crippen LogP contribution in [0.25, 0.3) is 133 Å². The van der Waals surface area contributed by atoms with E-state index in [9.17, 15) is 0 Å². The number of hydrogen-bond acceptors (Lipinski definition) is 6. The molecule has 0 spiro atoms. The van der Waals surface area contributed by atoms with E-state index in [1.54, 1.807) is 0 Å². The summed E-state index contributed by atoms with van der Waals surface area (Å²) >= 11 is 0. The second-order valence-electron chi connectivity index (χ2n) is 15.5. The molecule has 0 aliphatic heterocycles. The van der Waals surface area contributed by atoms with Crippen LogP contribution in [-0.4, -0.2) is 15.0 Å². The highest BCUT2D eigenvalue weighted by Crippen LogP contribution is 2.42. The molecule has 0 bridgehead atoms. The van der Waals surface area contributed by atoms with Crippen molar-refractivity contribution in [3.8, 4) is 56.4 Å². The molecular weight excluding hydrogens is 751 g/mol. The van der Waals surface area contributed by atoms with Crippen LogP contribution in [0.4, 0.5) is 0 Å². The van der Waals surface area contributed by atoms with Gasteiger partial charge in [0.2, 0.25) is 0 Å². The summed E-state index contributed by atoms with van der Waals surface area (Å²) in [5.41, 5.74) is 12.0. The number of hydrogen-bond donors (Lipinski definition) is 0.